The van der Waals surface area contributed by atoms with Crippen molar-refractivity contribution in [2.75, 3.05) is 23.8 Å². The van der Waals surface area contributed by atoms with E-state index in [-0.39, 0.29) is 17.4 Å². The minimum Gasteiger partial charge on any atom is -0.507 e. The Balaban J connectivity index is 1.50. The zero-order chi connectivity index (χ0) is 25.7. The molecule has 0 aliphatic carbocycles. The minimum absolute atomic E-state index is 0.110. The van der Waals surface area contributed by atoms with E-state index < -0.39 is 42.4 Å². The van der Waals surface area contributed by atoms with Crippen LogP contribution in [0.5, 0.6) is 11.5 Å². The Bertz CT molecular complexity index is 1220. The second-order valence-corrected chi connectivity index (χ2v) is 9.95. The number of nitrogens with zero attached hydrogens (tertiary/aromatic N) is 1. The van der Waals surface area contributed by atoms with Crippen LogP contribution in [-0.4, -0.2) is 57.3 Å². The summed E-state index contributed by atoms with van der Waals surface area (Å²) in [4.78, 5) is 37.0. The average molecular weight is 529 g/mol. The van der Waals surface area contributed by atoms with Crippen LogP contribution in [0.2, 0.25) is 0 Å². The summed E-state index contributed by atoms with van der Waals surface area (Å²) in [5.74, 6) is -1.47. The van der Waals surface area contributed by atoms with Gasteiger partial charge in [-0.2, -0.15) is 11.3 Å². The van der Waals surface area contributed by atoms with Crippen molar-refractivity contribution in [1.82, 2.24) is 5.32 Å². The van der Waals surface area contributed by atoms with E-state index in [1.807, 2.05) is 47.2 Å². The smallest absolute Gasteiger partial charge is 0.322 e. The number of benzene rings is 2. The number of nitrogens with one attached hydrogen (secondary N) is 1. The molecule has 11 heteroatoms. The quantitative estimate of drug-likeness (QED) is 0.279. The highest BCUT2D eigenvalue weighted by Gasteiger charge is 2.50. The van der Waals surface area contributed by atoms with Crippen molar-refractivity contribution < 1.29 is 34.4 Å². The average Bonchev–Trinajstić information content (AvgIpc) is 3.41. The van der Waals surface area contributed by atoms with E-state index in [0.29, 0.717) is 17.0 Å². The summed E-state index contributed by atoms with van der Waals surface area (Å²) in [5.41, 5.74) is 1.99. The van der Waals surface area contributed by atoms with Gasteiger partial charge in [-0.05, 0) is 46.7 Å². The largest absolute Gasteiger partial charge is 0.507 e. The lowest BCUT2D eigenvalue weighted by Gasteiger charge is -2.47. The zero-order valence-electron chi connectivity index (χ0n) is 18.9. The Morgan fingerprint density at radius 3 is 2.61 bits per heavy atom. The fourth-order valence-corrected chi connectivity index (χ4v) is 5.79. The van der Waals surface area contributed by atoms with E-state index in [9.17, 15) is 24.6 Å². The zero-order valence-corrected chi connectivity index (χ0v) is 20.6. The highest BCUT2D eigenvalue weighted by Crippen LogP contribution is 2.48. The molecule has 0 radical (unpaired) electrons. The molecule has 0 spiro atoms. The number of amides is 2. The number of anilines is 1. The van der Waals surface area contributed by atoms with Crippen molar-refractivity contribution in [3.63, 3.8) is 0 Å². The number of aliphatic hydroxyl groups is 1. The summed E-state index contributed by atoms with van der Waals surface area (Å²) in [7, 11) is 0. The number of thiophene rings is 1. The van der Waals surface area contributed by atoms with Gasteiger partial charge in [-0.1, -0.05) is 18.2 Å². The molecule has 1 aliphatic rings. The van der Waals surface area contributed by atoms with Gasteiger partial charge in [0.1, 0.15) is 23.3 Å². The fraction of sp³-hybridized carbons (Fsp3) is 0.240. The number of carbonyl (C=O) groups is 3. The van der Waals surface area contributed by atoms with E-state index >= 15 is 0 Å². The number of aliphatic carboxylic acids is 1. The first-order valence-electron chi connectivity index (χ1n) is 11.0. The van der Waals surface area contributed by atoms with Gasteiger partial charge in [0.2, 0.25) is 5.91 Å². The van der Waals surface area contributed by atoms with Gasteiger partial charge < -0.3 is 30.3 Å². The maximum atomic E-state index is 13.1. The summed E-state index contributed by atoms with van der Waals surface area (Å²) in [6, 6.07) is 15.1. The number of carboxylic acid groups (broad SMARTS) is 1. The summed E-state index contributed by atoms with van der Waals surface area (Å²) in [6.45, 7) is -0.930. The number of aliphatic hydroxyl groups excluding tert-OH is 1. The molecule has 188 valence electrons. The van der Waals surface area contributed by atoms with E-state index in [2.05, 4.69) is 5.32 Å². The molecular formula is C25H24N2O7S2. The maximum Gasteiger partial charge on any atom is 0.322 e. The molecule has 2 amide bonds. The van der Waals surface area contributed by atoms with Gasteiger partial charge in [-0.15, -0.1) is 11.8 Å². The third-order valence-corrected chi connectivity index (χ3v) is 7.60. The SMILES string of the molecule is O=C(O)CNC(=O)COc1ccc(C2C(SCC(O)c3ccsc3)C(=O)N2c2ccccc2)c(O)c1. The van der Waals surface area contributed by atoms with Crippen molar-refractivity contribution in [2.45, 2.75) is 17.4 Å². The van der Waals surface area contributed by atoms with Crippen LogP contribution in [-0.2, 0) is 14.4 Å². The number of carbonyl (C=O) groups excluding carboxylic acids is 2. The Labute approximate surface area is 215 Å². The van der Waals surface area contributed by atoms with Gasteiger partial charge >= 0.3 is 5.97 Å². The first-order chi connectivity index (χ1) is 17.3. The Morgan fingerprint density at radius 2 is 1.94 bits per heavy atom. The minimum atomic E-state index is -1.17. The van der Waals surface area contributed by atoms with Crippen molar-refractivity contribution in [3.05, 3.63) is 76.5 Å². The molecule has 2 heterocycles. The number of para-hydroxylation sites is 1. The topological polar surface area (TPSA) is 136 Å². The van der Waals surface area contributed by atoms with Crippen LogP contribution >= 0.6 is 23.1 Å². The van der Waals surface area contributed by atoms with E-state index in [1.165, 1.54) is 29.2 Å². The molecule has 3 atom stereocenters. The van der Waals surface area contributed by atoms with Crippen molar-refractivity contribution >= 4 is 46.6 Å². The molecule has 1 aromatic heterocycles. The third-order valence-electron chi connectivity index (χ3n) is 5.57. The monoisotopic (exact) mass is 528 g/mol. The highest BCUT2D eigenvalue weighted by molar-refractivity contribution is 8.00. The van der Waals surface area contributed by atoms with Crippen molar-refractivity contribution in [2.24, 2.45) is 0 Å². The van der Waals surface area contributed by atoms with Crippen LogP contribution in [0, 0.1) is 0 Å². The molecule has 1 aliphatic heterocycles. The molecule has 4 rings (SSSR count). The van der Waals surface area contributed by atoms with Crippen LogP contribution < -0.4 is 15.0 Å². The summed E-state index contributed by atoms with van der Waals surface area (Å²) in [6.07, 6.45) is -0.711. The number of phenolic OH excluding ortho intramolecular Hbond substituents is 1. The predicted molar refractivity (Wildman–Crippen MR) is 136 cm³/mol. The lowest BCUT2D eigenvalue weighted by atomic mass is 9.91. The Morgan fingerprint density at radius 1 is 1.17 bits per heavy atom. The molecule has 2 aromatic carbocycles. The molecule has 3 aromatic rings. The van der Waals surface area contributed by atoms with Crippen molar-refractivity contribution in [1.29, 1.82) is 0 Å². The molecule has 36 heavy (non-hydrogen) atoms. The maximum absolute atomic E-state index is 13.1. The van der Waals surface area contributed by atoms with Crippen LogP contribution in [0.4, 0.5) is 5.69 Å². The van der Waals surface area contributed by atoms with Crippen molar-refractivity contribution in [3.8, 4) is 11.5 Å². The number of hydrogen-bond acceptors (Lipinski definition) is 8. The Hall–Kier alpha value is -3.54. The van der Waals surface area contributed by atoms with Crippen LogP contribution in [0.1, 0.15) is 23.3 Å². The number of phenols is 1. The molecule has 4 N–H and O–H groups in total. The Kier molecular flexibility index (Phi) is 8.14. The summed E-state index contributed by atoms with van der Waals surface area (Å²) >= 11 is 2.82. The lowest BCUT2D eigenvalue weighted by Crippen LogP contribution is -2.57. The van der Waals surface area contributed by atoms with E-state index in [0.717, 1.165) is 5.56 Å². The highest BCUT2D eigenvalue weighted by atomic mass is 32.2. The molecular weight excluding hydrogens is 504 g/mol. The van der Waals surface area contributed by atoms with E-state index in [1.54, 1.807) is 17.0 Å². The number of aromatic hydroxyl groups is 1. The molecule has 1 fully saturated rings. The van der Waals surface area contributed by atoms with Crippen LogP contribution in [0.3, 0.4) is 0 Å². The second kappa shape index (κ2) is 11.5. The first kappa shape index (κ1) is 25.5. The van der Waals surface area contributed by atoms with Gasteiger partial charge in [-0.3, -0.25) is 14.4 Å². The molecule has 1 saturated heterocycles. The van der Waals surface area contributed by atoms with Gasteiger partial charge in [0.15, 0.2) is 6.61 Å². The van der Waals surface area contributed by atoms with Crippen LogP contribution in [0.25, 0.3) is 0 Å². The molecule has 0 bridgehead atoms. The van der Waals surface area contributed by atoms with Gasteiger partial charge in [0.05, 0.1) is 12.1 Å². The third kappa shape index (κ3) is 5.81. The molecule has 9 nitrogen and oxygen atoms in total. The molecule has 0 saturated carbocycles. The number of hydrogen-bond donors (Lipinski definition) is 4. The van der Waals surface area contributed by atoms with Gasteiger partial charge in [0.25, 0.3) is 5.91 Å². The van der Waals surface area contributed by atoms with Gasteiger partial charge in [0, 0.05) is 23.1 Å². The number of thioether (sulfide) groups is 1. The summed E-state index contributed by atoms with van der Waals surface area (Å²) < 4.78 is 5.36. The van der Waals surface area contributed by atoms with Gasteiger partial charge in [-0.25, -0.2) is 0 Å². The number of carboxylic acids is 1. The number of rotatable bonds is 11. The lowest BCUT2D eigenvalue weighted by molar-refractivity contribution is -0.138. The first-order valence-corrected chi connectivity index (χ1v) is 13.0. The number of β-lactam (4-membered cyclic amide) rings is 1. The number of ether oxygens (including phenoxy) is 1. The standard InChI is InChI=1S/C25H24N2O7S2/c28-19-10-17(34-12-21(30)26-11-22(31)32)6-7-18(19)23-24(36-14-20(29)15-8-9-35-13-15)25(33)27(23)16-4-2-1-3-5-16/h1-10,13,20,23-24,28-29H,11-12,14H2,(H,26,30)(H,31,32). The fourth-order valence-electron chi connectivity index (χ4n) is 3.80. The predicted octanol–water partition coefficient (Wildman–Crippen LogP) is 2.96. The van der Waals surface area contributed by atoms with Crippen LogP contribution in [0.15, 0.2) is 65.4 Å². The van der Waals surface area contributed by atoms with E-state index in [4.69, 9.17) is 9.84 Å². The molecule has 3 unspecified atom stereocenters. The summed E-state index contributed by atoms with van der Waals surface area (Å²) in [5, 5.41) is 35.4. The normalized spacial score (nSPS) is 17.8. The second-order valence-electron chi connectivity index (χ2n) is 7.99.